The molecule has 6 nitrogen and oxygen atoms in total. The molecule has 1 unspecified atom stereocenters. The molecular formula is C19H30BNO5. The lowest BCUT2D eigenvalue weighted by Gasteiger charge is -2.32. The van der Waals surface area contributed by atoms with E-state index in [0.29, 0.717) is 25.7 Å². The number of rotatable bonds is 3. The average molecular weight is 363 g/mol. The van der Waals surface area contributed by atoms with Crippen molar-refractivity contribution in [1.82, 2.24) is 4.98 Å². The van der Waals surface area contributed by atoms with Crippen molar-refractivity contribution in [3.05, 3.63) is 17.8 Å². The summed E-state index contributed by atoms with van der Waals surface area (Å²) < 4.78 is 29.8. The number of nitrogens with zero attached hydrogens (tertiary/aromatic N) is 1. The van der Waals surface area contributed by atoms with E-state index in [1.807, 2.05) is 60.6 Å². The lowest BCUT2D eigenvalue weighted by molar-refractivity contribution is -0.0919. The molecular weight excluding hydrogens is 333 g/mol. The second-order valence-electron chi connectivity index (χ2n) is 8.90. The van der Waals surface area contributed by atoms with E-state index in [0.717, 1.165) is 11.2 Å². The van der Waals surface area contributed by atoms with E-state index in [9.17, 15) is 0 Å². The molecule has 0 bridgehead atoms. The van der Waals surface area contributed by atoms with E-state index in [1.165, 1.54) is 0 Å². The molecule has 0 spiro atoms. The fraction of sp³-hybridized carbons (Fsp3) is 0.737. The molecule has 2 fully saturated rings. The Hall–Kier alpha value is -1.15. The molecule has 2 aliphatic rings. The van der Waals surface area contributed by atoms with Crippen LogP contribution >= 0.6 is 0 Å². The summed E-state index contributed by atoms with van der Waals surface area (Å²) >= 11 is 0. The van der Waals surface area contributed by atoms with Crippen LogP contribution in [-0.2, 0) is 18.8 Å². The van der Waals surface area contributed by atoms with Gasteiger partial charge in [0.25, 0.3) is 0 Å². The SMILES string of the molecule is CC(C)(C)Oc1cc(B2OC(C)(C)C(C)(C)O2)cc(C2COCCO2)n1. The highest BCUT2D eigenvalue weighted by Gasteiger charge is 2.52. The van der Waals surface area contributed by atoms with Crippen LogP contribution in [-0.4, -0.2) is 48.7 Å². The Balaban J connectivity index is 1.94. The van der Waals surface area contributed by atoms with E-state index in [1.54, 1.807) is 0 Å². The van der Waals surface area contributed by atoms with Crippen LogP contribution in [0.25, 0.3) is 0 Å². The van der Waals surface area contributed by atoms with E-state index >= 15 is 0 Å². The van der Waals surface area contributed by atoms with Crippen LogP contribution in [0.1, 0.15) is 60.3 Å². The maximum Gasteiger partial charge on any atom is 0.495 e. The van der Waals surface area contributed by atoms with Crippen LogP contribution < -0.4 is 10.2 Å². The summed E-state index contributed by atoms with van der Waals surface area (Å²) in [5, 5.41) is 0. The third-order valence-corrected chi connectivity index (χ3v) is 4.93. The Kier molecular flexibility index (Phi) is 5.12. The first-order valence-corrected chi connectivity index (χ1v) is 9.23. The van der Waals surface area contributed by atoms with E-state index in [-0.39, 0.29) is 11.7 Å². The van der Waals surface area contributed by atoms with Gasteiger partial charge in [0.2, 0.25) is 5.88 Å². The summed E-state index contributed by atoms with van der Waals surface area (Å²) in [6.45, 7) is 15.8. The maximum atomic E-state index is 6.20. The Morgan fingerprint density at radius 1 is 1.08 bits per heavy atom. The van der Waals surface area contributed by atoms with Gasteiger partial charge in [-0.3, -0.25) is 0 Å². The smallest absolute Gasteiger partial charge is 0.472 e. The highest BCUT2D eigenvalue weighted by molar-refractivity contribution is 6.62. The van der Waals surface area contributed by atoms with Gasteiger partial charge in [-0.25, -0.2) is 4.98 Å². The Bertz CT molecular complexity index is 634. The normalized spacial score (nSPS) is 25.3. The first kappa shape index (κ1) is 19.6. The number of hydrogen-bond donors (Lipinski definition) is 0. The standard InChI is InChI=1S/C19H30BNO5/c1-17(2,3)24-16-11-13(20-25-18(4,5)19(6,7)26-20)10-14(21-16)15-12-22-8-9-23-15/h10-11,15H,8-9,12H2,1-7H3. The van der Waals surface area contributed by atoms with Crippen molar-refractivity contribution in [2.75, 3.05) is 19.8 Å². The van der Waals surface area contributed by atoms with Crippen molar-refractivity contribution in [1.29, 1.82) is 0 Å². The minimum atomic E-state index is -0.478. The first-order valence-electron chi connectivity index (χ1n) is 9.23. The van der Waals surface area contributed by atoms with Crippen molar-refractivity contribution in [2.24, 2.45) is 0 Å². The van der Waals surface area contributed by atoms with Crippen LogP contribution in [0.2, 0.25) is 0 Å². The highest BCUT2D eigenvalue weighted by atomic mass is 16.7. The van der Waals surface area contributed by atoms with E-state index in [2.05, 4.69) is 4.98 Å². The fourth-order valence-corrected chi connectivity index (χ4v) is 2.85. The topological polar surface area (TPSA) is 59.0 Å². The van der Waals surface area contributed by atoms with Gasteiger partial charge in [0.1, 0.15) is 11.7 Å². The number of pyridine rings is 1. The number of aromatic nitrogens is 1. The molecule has 2 aliphatic heterocycles. The molecule has 144 valence electrons. The molecule has 0 N–H and O–H groups in total. The predicted molar refractivity (Wildman–Crippen MR) is 99.8 cm³/mol. The zero-order chi connectivity index (χ0) is 19.2. The van der Waals surface area contributed by atoms with Crippen molar-refractivity contribution in [2.45, 2.75) is 71.4 Å². The molecule has 0 aromatic carbocycles. The van der Waals surface area contributed by atoms with Crippen LogP contribution in [0.4, 0.5) is 0 Å². The summed E-state index contributed by atoms with van der Waals surface area (Å²) in [4.78, 5) is 4.65. The van der Waals surface area contributed by atoms with Gasteiger partial charge < -0.3 is 23.5 Å². The Morgan fingerprint density at radius 2 is 1.73 bits per heavy atom. The molecule has 0 amide bonds. The van der Waals surface area contributed by atoms with Gasteiger partial charge in [0.05, 0.1) is 36.7 Å². The lowest BCUT2D eigenvalue weighted by atomic mass is 9.79. The van der Waals surface area contributed by atoms with Gasteiger partial charge in [-0.05, 0) is 60.0 Å². The van der Waals surface area contributed by atoms with Gasteiger partial charge in [-0.2, -0.15) is 0 Å². The van der Waals surface area contributed by atoms with Crippen molar-refractivity contribution >= 4 is 12.6 Å². The molecule has 0 aliphatic carbocycles. The zero-order valence-corrected chi connectivity index (χ0v) is 16.9. The first-order chi connectivity index (χ1) is 12.0. The maximum absolute atomic E-state index is 6.20. The van der Waals surface area contributed by atoms with E-state index < -0.39 is 18.3 Å². The van der Waals surface area contributed by atoms with Crippen molar-refractivity contribution in [3.63, 3.8) is 0 Å². The quantitative estimate of drug-likeness (QED) is 0.770. The fourth-order valence-electron chi connectivity index (χ4n) is 2.85. The monoisotopic (exact) mass is 363 g/mol. The highest BCUT2D eigenvalue weighted by Crippen LogP contribution is 2.37. The second kappa shape index (κ2) is 6.78. The summed E-state index contributed by atoms with van der Waals surface area (Å²) in [7, 11) is -0.478. The number of ether oxygens (including phenoxy) is 3. The van der Waals surface area contributed by atoms with Crippen molar-refractivity contribution in [3.8, 4) is 5.88 Å². The minimum absolute atomic E-state index is 0.214. The van der Waals surface area contributed by atoms with Crippen LogP contribution in [0.5, 0.6) is 5.88 Å². The number of hydrogen-bond acceptors (Lipinski definition) is 6. The van der Waals surface area contributed by atoms with Gasteiger partial charge >= 0.3 is 7.12 Å². The van der Waals surface area contributed by atoms with Gasteiger partial charge in [0, 0.05) is 6.07 Å². The third-order valence-electron chi connectivity index (χ3n) is 4.93. The Morgan fingerprint density at radius 3 is 2.27 bits per heavy atom. The average Bonchev–Trinajstić information content (AvgIpc) is 2.74. The molecule has 2 saturated heterocycles. The van der Waals surface area contributed by atoms with Gasteiger partial charge in [-0.1, -0.05) is 0 Å². The summed E-state index contributed by atoms with van der Waals surface area (Å²) in [5.41, 5.74) is 0.480. The van der Waals surface area contributed by atoms with Crippen LogP contribution in [0.3, 0.4) is 0 Å². The van der Waals surface area contributed by atoms with Gasteiger partial charge in [0.15, 0.2) is 0 Å². The largest absolute Gasteiger partial charge is 0.495 e. The predicted octanol–water partition coefficient (Wildman–Crippen LogP) is 2.65. The molecule has 0 radical (unpaired) electrons. The zero-order valence-electron chi connectivity index (χ0n) is 16.9. The summed E-state index contributed by atoms with van der Waals surface area (Å²) in [6.07, 6.45) is -0.214. The molecule has 3 rings (SSSR count). The van der Waals surface area contributed by atoms with Crippen molar-refractivity contribution < 1.29 is 23.5 Å². The van der Waals surface area contributed by atoms with Crippen LogP contribution in [0.15, 0.2) is 12.1 Å². The molecule has 7 heteroatoms. The molecule has 1 aromatic heterocycles. The lowest BCUT2D eigenvalue weighted by Crippen LogP contribution is -2.41. The molecule has 26 heavy (non-hydrogen) atoms. The second-order valence-corrected chi connectivity index (χ2v) is 8.90. The molecule has 1 aromatic rings. The van der Waals surface area contributed by atoms with Crippen LogP contribution in [0, 0.1) is 0 Å². The minimum Gasteiger partial charge on any atom is -0.472 e. The molecule has 3 heterocycles. The third kappa shape index (κ3) is 4.22. The van der Waals surface area contributed by atoms with E-state index in [4.69, 9.17) is 23.5 Å². The summed E-state index contributed by atoms with van der Waals surface area (Å²) in [6, 6.07) is 3.86. The molecule has 1 atom stereocenters. The van der Waals surface area contributed by atoms with Gasteiger partial charge in [-0.15, -0.1) is 0 Å². The molecule has 0 saturated carbocycles. The Labute approximate surface area is 156 Å². The summed E-state index contributed by atoms with van der Waals surface area (Å²) in [5.74, 6) is 0.536.